The van der Waals surface area contributed by atoms with Crippen molar-refractivity contribution in [1.82, 2.24) is 4.90 Å². The number of amides is 1. The lowest BCUT2D eigenvalue weighted by Gasteiger charge is -2.36. The molecule has 2 aromatic rings. The van der Waals surface area contributed by atoms with E-state index < -0.39 is 0 Å². The monoisotopic (exact) mass is 401 g/mol. The summed E-state index contributed by atoms with van der Waals surface area (Å²) in [6.45, 7) is 9.77. The fourth-order valence-corrected chi connectivity index (χ4v) is 3.46. The molecule has 0 aliphatic carbocycles. The average molecular weight is 402 g/mol. The Bertz CT molecular complexity index is 737. The number of carbonyl (C=O) groups excluding carboxylic acids is 1. The van der Waals surface area contributed by atoms with Gasteiger partial charge >= 0.3 is 0 Å². The predicted molar refractivity (Wildman–Crippen MR) is 108 cm³/mol. The lowest BCUT2D eigenvalue weighted by atomic mass is 10.1. The summed E-state index contributed by atoms with van der Waals surface area (Å²) >= 11 is 3.39. The number of likely N-dealkylation sites (N-methyl/N-ethyl adjacent to an activating group) is 1. The van der Waals surface area contributed by atoms with Crippen molar-refractivity contribution in [3.05, 3.63) is 58.1 Å². The lowest BCUT2D eigenvalue weighted by Crippen LogP contribution is -2.46. The van der Waals surface area contributed by atoms with Crippen LogP contribution in [0.2, 0.25) is 0 Å². The number of hydrogen-bond donors (Lipinski definition) is 1. The number of hydrogen-bond acceptors (Lipinski definition) is 3. The molecule has 0 unspecified atom stereocenters. The Morgan fingerprint density at radius 2 is 1.76 bits per heavy atom. The largest absolute Gasteiger partial charge is 0.369 e. The molecule has 4 nitrogen and oxygen atoms in total. The number of halogens is 1. The summed E-state index contributed by atoms with van der Waals surface area (Å²) in [6.07, 6.45) is 0. The molecule has 2 aromatic carbocycles. The first kappa shape index (κ1) is 18.0. The zero-order valence-electron chi connectivity index (χ0n) is 14.8. The number of anilines is 2. The first-order valence-corrected chi connectivity index (χ1v) is 9.51. The summed E-state index contributed by atoms with van der Waals surface area (Å²) < 4.78 is 0.965. The van der Waals surface area contributed by atoms with Crippen molar-refractivity contribution in [2.75, 3.05) is 42.9 Å². The summed E-state index contributed by atoms with van der Waals surface area (Å²) in [5.74, 6) is -0.0868. The molecule has 0 atom stereocenters. The Morgan fingerprint density at radius 1 is 1.08 bits per heavy atom. The lowest BCUT2D eigenvalue weighted by molar-refractivity contribution is 0.102. The zero-order valence-corrected chi connectivity index (χ0v) is 16.3. The second-order valence-electron chi connectivity index (χ2n) is 6.38. The molecule has 0 aromatic heterocycles. The first-order chi connectivity index (χ1) is 12.1. The molecular formula is C20H24BrN3O. The van der Waals surface area contributed by atoms with E-state index in [2.05, 4.69) is 57.0 Å². The molecule has 1 fully saturated rings. The fraction of sp³-hybridized carbons (Fsp3) is 0.350. The number of carbonyl (C=O) groups is 1. The average Bonchev–Trinajstić information content (AvgIpc) is 2.62. The normalized spacial score (nSPS) is 15.2. The van der Waals surface area contributed by atoms with Crippen LogP contribution in [0.3, 0.4) is 0 Å². The Hall–Kier alpha value is -1.85. The third-order valence-electron chi connectivity index (χ3n) is 4.72. The van der Waals surface area contributed by atoms with Crippen LogP contribution in [-0.2, 0) is 0 Å². The van der Waals surface area contributed by atoms with Gasteiger partial charge in [0.15, 0.2) is 0 Å². The molecule has 1 N–H and O–H groups in total. The van der Waals surface area contributed by atoms with Crippen LogP contribution in [0.25, 0.3) is 0 Å². The first-order valence-electron chi connectivity index (χ1n) is 8.71. The predicted octanol–water partition coefficient (Wildman–Crippen LogP) is 4.15. The summed E-state index contributed by atoms with van der Waals surface area (Å²) in [5, 5.41) is 2.98. The van der Waals surface area contributed by atoms with Crippen LogP contribution in [0.5, 0.6) is 0 Å². The molecule has 1 aliphatic rings. The van der Waals surface area contributed by atoms with Gasteiger partial charge in [0.25, 0.3) is 5.91 Å². The second kappa shape index (κ2) is 8.02. The van der Waals surface area contributed by atoms with E-state index in [0.29, 0.717) is 5.56 Å². The molecule has 0 radical (unpaired) electrons. The van der Waals surface area contributed by atoms with Crippen LogP contribution >= 0.6 is 15.9 Å². The van der Waals surface area contributed by atoms with E-state index >= 15 is 0 Å². The summed E-state index contributed by atoms with van der Waals surface area (Å²) in [4.78, 5) is 17.3. The SMILES string of the molecule is CCN1CCN(c2ccc(NC(=O)c3ccc(Br)cc3)cc2C)CC1. The van der Waals surface area contributed by atoms with Crippen molar-refractivity contribution >= 4 is 33.2 Å². The van der Waals surface area contributed by atoms with Gasteiger partial charge in [-0.25, -0.2) is 0 Å². The maximum absolute atomic E-state index is 12.4. The maximum Gasteiger partial charge on any atom is 0.255 e. The van der Waals surface area contributed by atoms with E-state index in [-0.39, 0.29) is 5.91 Å². The highest BCUT2D eigenvalue weighted by atomic mass is 79.9. The van der Waals surface area contributed by atoms with Gasteiger partial charge in [-0.15, -0.1) is 0 Å². The fourth-order valence-electron chi connectivity index (χ4n) is 3.20. The molecule has 0 spiro atoms. The minimum Gasteiger partial charge on any atom is -0.369 e. The van der Waals surface area contributed by atoms with Gasteiger partial charge in [-0.2, -0.15) is 0 Å². The minimum absolute atomic E-state index is 0.0868. The van der Waals surface area contributed by atoms with Crippen molar-refractivity contribution in [2.45, 2.75) is 13.8 Å². The van der Waals surface area contributed by atoms with Gasteiger partial charge in [-0.05, 0) is 61.5 Å². The highest BCUT2D eigenvalue weighted by Gasteiger charge is 2.17. The van der Waals surface area contributed by atoms with Crippen molar-refractivity contribution in [3.8, 4) is 0 Å². The number of nitrogens with one attached hydrogen (secondary N) is 1. The van der Waals surface area contributed by atoms with Crippen molar-refractivity contribution in [2.24, 2.45) is 0 Å². The number of rotatable bonds is 4. The third-order valence-corrected chi connectivity index (χ3v) is 5.25. The van der Waals surface area contributed by atoms with Gasteiger partial charge < -0.3 is 15.1 Å². The van der Waals surface area contributed by atoms with E-state index in [9.17, 15) is 4.79 Å². The van der Waals surface area contributed by atoms with Crippen LogP contribution in [0.1, 0.15) is 22.8 Å². The van der Waals surface area contributed by atoms with E-state index in [0.717, 1.165) is 42.9 Å². The van der Waals surface area contributed by atoms with E-state index in [1.165, 1.54) is 11.3 Å². The molecule has 3 rings (SSSR count). The zero-order chi connectivity index (χ0) is 17.8. The van der Waals surface area contributed by atoms with Gasteiger partial charge in [0.1, 0.15) is 0 Å². The Kier molecular flexibility index (Phi) is 5.76. The molecule has 1 heterocycles. The van der Waals surface area contributed by atoms with Crippen LogP contribution in [0.4, 0.5) is 11.4 Å². The molecule has 5 heteroatoms. The van der Waals surface area contributed by atoms with Crippen LogP contribution in [0.15, 0.2) is 46.9 Å². The van der Waals surface area contributed by atoms with Crippen LogP contribution in [-0.4, -0.2) is 43.5 Å². The number of benzene rings is 2. The van der Waals surface area contributed by atoms with Crippen molar-refractivity contribution < 1.29 is 4.79 Å². The molecule has 1 saturated heterocycles. The Morgan fingerprint density at radius 3 is 2.36 bits per heavy atom. The Balaban J connectivity index is 1.67. The van der Waals surface area contributed by atoms with Crippen LogP contribution < -0.4 is 10.2 Å². The Labute approximate surface area is 158 Å². The second-order valence-corrected chi connectivity index (χ2v) is 7.30. The van der Waals surface area contributed by atoms with Crippen molar-refractivity contribution in [1.29, 1.82) is 0 Å². The minimum atomic E-state index is -0.0868. The van der Waals surface area contributed by atoms with Crippen molar-refractivity contribution in [3.63, 3.8) is 0 Å². The molecule has 25 heavy (non-hydrogen) atoms. The standard InChI is InChI=1S/C20H24BrN3O/c1-3-23-10-12-24(13-11-23)19-9-8-18(14-15(19)2)22-20(25)16-4-6-17(21)7-5-16/h4-9,14H,3,10-13H2,1-2H3,(H,22,25). The number of piperazine rings is 1. The molecule has 1 amide bonds. The van der Waals surface area contributed by atoms with Crippen LogP contribution in [0, 0.1) is 6.92 Å². The number of nitrogens with zero attached hydrogens (tertiary/aromatic N) is 2. The van der Waals surface area contributed by atoms with Gasteiger partial charge in [-0.1, -0.05) is 22.9 Å². The molecule has 132 valence electrons. The maximum atomic E-state index is 12.4. The summed E-state index contributed by atoms with van der Waals surface area (Å²) in [5.41, 5.74) is 3.94. The van der Waals surface area contributed by atoms with E-state index in [1.54, 1.807) is 0 Å². The molecular weight excluding hydrogens is 378 g/mol. The summed E-state index contributed by atoms with van der Waals surface area (Å²) in [7, 11) is 0. The summed E-state index contributed by atoms with van der Waals surface area (Å²) in [6, 6.07) is 13.5. The topological polar surface area (TPSA) is 35.6 Å². The molecule has 0 saturated carbocycles. The van der Waals surface area contributed by atoms with Gasteiger partial charge in [-0.3, -0.25) is 4.79 Å². The molecule has 1 aliphatic heterocycles. The molecule has 0 bridgehead atoms. The van der Waals surface area contributed by atoms with E-state index in [4.69, 9.17) is 0 Å². The van der Waals surface area contributed by atoms with E-state index in [1.807, 2.05) is 30.3 Å². The quantitative estimate of drug-likeness (QED) is 0.835. The highest BCUT2D eigenvalue weighted by molar-refractivity contribution is 9.10. The smallest absolute Gasteiger partial charge is 0.255 e. The van der Waals surface area contributed by atoms with Gasteiger partial charge in [0.2, 0.25) is 0 Å². The number of aryl methyl sites for hydroxylation is 1. The van der Waals surface area contributed by atoms with Gasteiger partial charge in [0.05, 0.1) is 0 Å². The third kappa shape index (κ3) is 4.41. The van der Waals surface area contributed by atoms with Gasteiger partial charge in [0, 0.05) is 47.6 Å². The highest BCUT2D eigenvalue weighted by Crippen LogP contribution is 2.25.